The number of rotatable bonds is 2. The molecule has 1 aromatic heterocycles. The monoisotopic (exact) mass is 332 g/mol. The predicted molar refractivity (Wildman–Crippen MR) is 91.8 cm³/mol. The Morgan fingerprint density at radius 2 is 2.17 bits per heavy atom. The summed E-state index contributed by atoms with van der Waals surface area (Å²) in [4.78, 5) is 21.1. The average molecular weight is 332 g/mol. The zero-order chi connectivity index (χ0) is 15.8. The fourth-order valence-corrected chi connectivity index (χ4v) is 3.99. The van der Waals surface area contributed by atoms with Crippen LogP contribution < -0.4 is 10.2 Å². The molecule has 2 aromatic rings. The van der Waals surface area contributed by atoms with Crippen molar-refractivity contribution in [2.24, 2.45) is 0 Å². The number of nitrogens with one attached hydrogen (secondary N) is 1. The molecule has 2 aliphatic rings. The molecule has 3 heterocycles. The van der Waals surface area contributed by atoms with Crippen LogP contribution in [0.2, 0.25) is 0 Å². The van der Waals surface area contributed by atoms with Crippen LogP contribution in [0.3, 0.4) is 0 Å². The van der Waals surface area contributed by atoms with Gasteiger partial charge in [-0.2, -0.15) is 4.98 Å². The largest absolute Gasteiger partial charge is 0.423 e. The van der Waals surface area contributed by atoms with Crippen molar-refractivity contribution < 1.29 is 9.21 Å². The van der Waals surface area contributed by atoms with Crippen molar-refractivity contribution in [1.82, 2.24) is 15.2 Å². The Bertz CT molecular complexity index is 718. The van der Waals surface area contributed by atoms with Crippen molar-refractivity contribution >= 4 is 34.8 Å². The maximum Gasteiger partial charge on any atom is 0.298 e. The lowest BCUT2D eigenvalue weighted by atomic mass is 10.2. The second kappa shape index (κ2) is 6.05. The zero-order valence-corrected chi connectivity index (χ0v) is 13.9. The summed E-state index contributed by atoms with van der Waals surface area (Å²) in [6.07, 6.45) is 0. The highest BCUT2D eigenvalue weighted by atomic mass is 32.2. The molecule has 2 fully saturated rings. The molecule has 0 bridgehead atoms. The van der Waals surface area contributed by atoms with Gasteiger partial charge in [0.2, 0.25) is 5.91 Å². The Morgan fingerprint density at radius 1 is 1.35 bits per heavy atom. The van der Waals surface area contributed by atoms with Crippen LogP contribution in [-0.4, -0.2) is 59.6 Å². The van der Waals surface area contributed by atoms with Gasteiger partial charge < -0.3 is 14.2 Å². The first-order valence-corrected chi connectivity index (χ1v) is 9.08. The smallest absolute Gasteiger partial charge is 0.298 e. The first kappa shape index (κ1) is 14.8. The zero-order valence-electron chi connectivity index (χ0n) is 13.1. The molecule has 1 N–H and O–H groups in total. The molecule has 2 aliphatic heterocycles. The number of thioether (sulfide) groups is 1. The van der Waals surface area contributed by atoms with E-state index >= 15 is 0 Å². The van der Waals surface area contributed by atoms with E-state index in [1.165, 1.54) is 5.56 Å². The molecule has 23 heavy (non-hydrogen) atoms. The lowest BCUT2D eigenvalue weighted by Crippen LogP contribution is -2.53. The lowest BCUT2D eigenvalue weighted by Gasteiger charge is -2.35. The molecule has 7 heteroatoms. The van der Waals surface area contributed by atoms with Crippen LogP contribution in [0.15, 0.2) is 22.6 Å². The van der Waals surface area contributed by atoms with Crippen LogP contribution in [0.1, 0.15) is 5.56 Å². The summed E-state index contributed by atoms with van der Waals surface area (Å²) >= 11 is 1.78. The minimum Gasteiger partial charge on any atom is -0.423 e. The Hall–Kier alpha value is -1.73. The number of amides is 1. The summed E-state index contributed by atoms with van der Waals surface area (Å²) < 4.78 is 5.85. The van der Waals surface area contributed by atoms with E-state index in [4.69, 9.17) is 4.42 Å². The van der Waals surface area contributed by atoms with Gasteiger partial charge in [0.25, 0.3) is 6.01 Å². The van der Waals surface area contributed by atoms with Crippen LogP contribution >= 0.6 is 11.8 Å². The van der Waals surface area contributed by atoms with Gasteiger partial charge in [-0.1, -0.05) is 6.07 Å². The fourth-order valence-electron chi connectivity index (χ4n) is 3.05. The molecule has 0 aliphatic carbocycles. The minimum absolute atomic E-state index is 0.0150. The van der Waals surface area contributed by atoms with Gasteiger partial charge in [-0.25, -0.2) is 0 Å². The van der Waals surface area contributed by atoms with Crippen LogP contribution in [-0.2, 0) is 4.79 Å². The van der Waals surface area contributed by atoms with E-state index in [0.29, 0.717) is 6.01 Å². The summed E-state index contributed by atoms with van der Waals surface area (Å²) in [5.41, 5.74) is 2.89. The summed E-state index contributed by atoms with van der Waals surface area (Å²) in [6.45, 7) is 5.02. The molecule has 2 saturated heterocycles. The fraction of sp³-hybridized carbons (Fsp3) is 0.500. The van der Waals surface area contributed by atoms with Gasteiger partial charge in [-0.05, 0) is 24.6 Å². The molecule has 0 radical (unpaired) electrons. The van der Waals surface area contributed by atoms with Crippen molar-refractivity contribution in [2.45, 2.75) is 13.0 Å². The molecule has 0 spiro atoms. The number of hydrogen-bond acceptors (Lipinski definition) is 6. The van der Waals surface area contributed by atoms with Gasteiger partial charge in [-0.3, -0.25) is 10.1 Å². The first-order valence-electron chi connectivity index (χ1n) is 7.93. The molecule has 1 atom stereocenters. The number of aryl methyl sites for hydroxylation is 1. The third kappa shape index (κ3) is 2.90. The van der Waals surface area contributed by atoms with Gasteiger partial charge in [0.05, 0.1) is 6.04 Å². The van der Waals surface area contributed by atoms with Crippen molar-refractivity contribution in [3.05, 3.63) is 23.8 Å². The molecule has 1 aromatic carbocycles. The number of oxazole rings is 1. The number of benzene rings is 1. The van der Waals surface area contributed by atoms with Crippen LogP contribution in [0.5, 0.6) is 0 Å². The number of fused-ring (bicyclic) bond motifs is 1. The Kier molecular flexibility index (Phi) is 3.90. The molecule has 6 nitrogen and oxygen atoms in total. The van der Waals surface area contributed by atoms with E-state index in [-0.39, 0.29) is 11.9 Å². The molecular formula is C16H20N4O2S. The summed E-state index contributed by atoms with van der Waals surface area (Å²) in [7, 11) is 0. The van der Waals surface area contributed by atoms with Crippen LogP contribution in [0, 0.1) is 6.92 Å². The number of hydrogen-bond donors (Lipinski definition) is 1. The van der Waals surface area contributed by atoms with Crippen LogP contribution in [0.4, 0.5) is 6.01 Å². The normalized spacial score (nSPS) is 22.0. The summed E-state index contributed by atoms with van der Waals surface area (Å²) in [5, 5.41) is 3.25. The average Bonchev–Trinajstić information content (AvgIpc) is 3.23. The number of anilines is 1. The number of piperazine rings is 1. The van der Waals surface area contributed by atoms with Gasteiger partial charge in [0.1, 0.15) is 5.52 Å². The molecule has 122 valence electrons. The molecular weight excluding hydrogens is 312 g/mol. The van der Waals surface area contributed by atoms with E-state index in [2.05, 4.69) is 15.2 Å². The standard InChI is InChI=1S/C16H20N4O2S/c1-11-2-3-14-12(8-11)18-16(22-14)20-6-4-19(5-7-20)15(21)13-9-23-10-17-13/h2-3,8,13,17H,4-7,9-10H2,1H3. The van der Waals surface area contributed by atoms with Crippen molar-refractivity contribution in [2.75, 3.05) is 42.7 Å². The topological polar surface area (TPSA) is 61.6 Å². The van der Waals surface area contributed by atoms with Gasteiger partial charge in [-0.15, -0.1) is 11.8 Å². The Balaban J connectivity index is 1.43. The number of nitrogens with zero attached hydrogens (tertiary/aromatic N) is 3. The molecule has 1 unspecified atom stereocenters. The highest BCUT2D eigenvalue weighted by Crippen LogP contribution is 2.24. The second-order valence-corrected chi connectivity index (χ2v) is 7.08. The van der Waals surface area contributed by atoms with E-state index in [9.17, 15) is 4.79 Å². The summed E-state index contributed by atoms with van der Waals surface area (Å²) in [6, 6.07) is 6.67. The first-order chi connectivity index (χ1) is 11.2. The molecule has 4 rings (SSSR count). The third-order valence-electron chi connectivity index (χ3n) is 4.41. The van der Waals surface area contributed by atoms with Crippen LogP contribution in [0.25, 0.3) is 11.1 Å². The maximum absolute atomic E-state index is 12.4. The maximum atomic E-state index is 12.4. The van der Waals surface area contributed by atoms with E-state index in [0.717, 1.165) is 48.9 Å². The number of carbonyl (C=O) groups is 1. The van der Waals surface area contributed by atoms with E-state index in [1.807, 2.05) is 30.0 Å². The van der Waals surface area contributed by atoms with E-state index < -0.39 is 0 Å². The highest BCUT2D eigenvalue weighted by molar-refractivity contribution is 7.99. The second-order valence-electron chi connectivity index (χ2n) is 6.05. The quantitative estimate of drug-likeness (QED) is 0.898. The Labute approximate surface area is 139 Å². The van der Waals surface area contributed by atoms with Gasteiger partial charge in [0.15, 0.2) is 5.58 Å². The summed E-state index contributed by atoms with van der Waals surface area (Å²) in [5.74, 6) is 1.98. The Morgan fingerprint density at radius 3 is 2.91 bits per heavy atom. The van der Waals surface area contributed by atoms with Crippen molar-refractivity contribution in [1.29, 1.82) is 0 Å². The van der Waals surface area contributed by atoms with Gasteiger partial charge >= 0.3 is 0 Å². The van der Waals surface area contributed by atoms with Crippen molar-refractivity contribution in [3.8, 4) is 0 Å². The lowest BCUT2D eigenvalue weighted by molar-refractivity contribution is -0.132. The minimum atomic E-state index is -0.0150. The van der Waals surface area contributed by atoms with Gasteiger partial charge in [0, 0.05) is 37.8 Å². The van der Waals surface area contributed by atoms with E-state index in [1.54, 1.807) is 11.8 Å². The SMILES string of the molecule is Cc1ccc2oc(N3CCN(C(=O)C4CSCN4)CC3)nc2c1. The third-order valence-corrected chi connectivity index (χ3v) is 5.35. The molecule has 0 saturated carbocycles. The number of aromatic nitrogens is 1. The highest BCUT2D eigenvalue weighted by Gasteiger charge is 2.30. The predicted octanol–water partition coefficient (Wildman–Crippen LogP) is 1.45. The molecule has 1 amide bonds. The number of carbonyl (C=O) groups excluding carboxylic acids is 1. The van der Waals surface area contributed by atoms with Crippen molar-refractivity contribution in [3.63, 3.8) is 0 Å².